The molecule has 2 nitrogen and oxygen atoms in total. The molecular weight excluding hydrogens is 693 g/mol. The van der Waals surface area contributed by atoms with E-state index < -0.39 is 0 Å². The fourth-order valence-corrected chi connectivity index (χ4v) is 11.1. The molecule has 1 saturated heterocycles. The second-order valence-electron chi connectivity index (χ2n) is 14.5. The molecule has 2 atom stereocenters. The highest BCUT2D eigenvalue weighted by Gasteiger charge is 2.31. The molecule has 0 bridgehead atoms. The highest BCUT2D eigenvalue weighted by atomic mass is 32.1. The fraction of sp³-hybridized carbons (Fsp3) is 0.0800. The predicted molar refractivity (Wildman–Crippen MR) is 234 cm³/mol. The van der Waals surface area contributed by atoms with E-state index in [4.69, 9.17) is 0 Å². The van der Waals surface area contributed by atoms with Crippen LogP contribution in [0.15, 0.2) is 182 Å². The lowest BCUT2D eigenvalue weighted by Gasteiger charge is -2.25. The van der Waals surface area contributed by atoms with Crippen molar-refractivity contribution in [1.82, 2.24) is 4.90 Å². The molecule has 2 unspecified atom stereocenters. The van der Waals surface area contributed by atoms with Crippen molar-refractivity contribution in [2.45, 2.75) is 18.4 Å². The molecule has 0 spiro atoms. The van der Waals surface area contributed by atoms with Crippen LogP contribution in [0.3, 0.4) is 0 Å². The van der Waals surface area contributed by atoms with Gasteiger partial charge in [-0.25, -0.2) is 0 Å². The van der Waals surface area contributed by atoms with Gasteiger partial charge in [-0.05, 0) is 113 Å². The number of thiophene rings is 2. The average molecular weight is 729 g/mol. The molecule has 1 fully saturated rings. The van der Waals surface area contributed by atoms with Crippen LogP contribution in [0.4, 0.5) is 17.1 Å². The van der Waals surface area contributed by atoms with Crippen LogP contribution in [-0.4, -0.2) is 17.5 Å². The van der Waals surface area contributed by atoms with Gasteiger partial charge in [0.05, 0.1) is 0 Å². The highest BCUT2D eigenvalue weighted by molar-refractivity contribution is 7.26. The zero-order chi connectivity index (χ0) is 35.6. The Morgan fingerprint density at radius 1 is 0.481 bits per heavy atom. The highest BCUT2D eigenvalue weighted by Crippen LogP contribution is 2.45. The zero-order valence-corrected chi connectivity index (χ0v) is 31.2. The topological polar surface area (TPSA) is 6.48 Å². The smallest absolute Gasteiger partial charge is 0.0477 e. The molecule has 2 aliphatic rings. The van der Waals surface area contributed by atoms with Gasteiger partial charge in [-0.15, -0.1) is 22.7 Å². The molecule has 9 aromatic rings. The molecule has 0 N–H and O–H groups in total. The number of benzene rings is 7. The lowest BCUT2D eigenvalue weighted by Crippen LogP contribution is -2.23. The summed E-state index contributed by atoms with van der Waals surface area (Å²) < 4.78 is 5.46. The molecule has 2 aliphatic heterocycles. The molecule has 0 saturated carbocycles. The van der Waals surface area contributed by atoms with Gasteiger partial charge in [-0.1, -0.05) is 103 Å². The second-order valence-corrected chi connectivity index (χ2v) is 16.7. The summed E-state index contributed by atoms with van der Waals surface area (Å²) in [6.07, 6.45) is 10.2. The van der Waals surface area contributed by atoms with E-state index in [1.165, 1.54) is 74.6 Å². The Hall–Kier alpha value is -5.94. The van der Waals surface area contributed by atoms with E-state index in [0.717, 1.165) is 23.6 Å². The minimum atomic E-state index is 0.519. The molecule has 11 rings (SSSR count). The Morgan fingerprint density at radius 2 is 1.13 bits per heavy atom. The van der Waals surface area contributed by atoms with Crippen LogP contribution in [0.2, 0.25) is 0 Å². The summed E-state index contributed by atoms with van der Waals surface area (Å²) in [7, 11) is 0. The first kappa shape index (κ1) is 31.6. The van der Waals surface area contributed by atoms with Gasteiger partial charge in [-0.3, -0.25) is 0 Å². The van der Waals surface area contributed by atoms with E-state index in [0.29, 0.717) is 12.0 Å². The quantitative estimate of drug-likeness (QED) is 0.168. The van der Waals surface area contributed by atoms with Gasteiger partial charge in [0.15, 0.2) is 0 Å². The van der Waals surface area contributed by atoms with Crippen molar-refractivity contribution in [3.8, 4) is 22.3 Å². The summed E-state index contributed by atoms with van der Waals surface area (Å²) in [6.45, 7) is 1.09. The second kappa shape index (κ2) is 12.9. The molecule has 2 aromatic heterocycles. The van der Waals surface area contributed by atoms with Gasteiger partial charge in [0.2, 0.25) is 0 Å². The number of rotatable bonds is 6. The summed E-state index contributed by atoms with van der Waals surface area (Å²) in [6, 6.07) is 58.8. The van der Waals surface area contributed by atoms with Gasteiger partial charge in [0, 0.05) is 75.9 Å². The van der Waals surface area contributed by atoms with Crippen molar-refractivity contribution >= 4 is 80.1 Å². The number of hydrogen-bond acceptors (Lipinski definition) is 4. The van der Waals surface area contributed by atoms with Gasteiger partial charge >= 0.3 is 0 Å². The summed E-state index contributed by atoms with van der Waals surface area (Å²) in [5, 5.41) is 5.39. The van der Waals surface area contributed by atoms with E-state index in [2.05, 4.69) is 192 Å². The minimum Gasteiger partial charge on any atom is -0.370 e. The maximum Gasteiger partial charge on any atom is 0.0477 e. The first-order valence-corrected chi connectivity index (χ1v) is 20.4. The van der Waals surface area contributed by atoms with Crippen molar-refractivity contribution in [1.29, 1.82) is 0 Å². The lowest BCUT2D eigenvalue weighted by molar-refractivity contribution is 0.395. The van der Waals surface area contributed by atoms with Crippen LogP contribution >= 0.6 is 22.7 Å². The van der Waals surface area contributed by atoms with Crippen molar-refractivity contribution in [3.05, 3.63) is 188 Å². The average Bonchev–Trinajstić information content (AvgIpc) is 3.94. The SMILES string of the molecule is C1=CC2CC(c3cccc4c3sc3cc(-c5ccc6sc7ccc(-c8cccc(N(c9ccccc9)c9ccccc9)c8)cc7c6c5)ccc34)CN2C=C1. The first-order valence-electron chi connectivity index (χ1n) is 18.8. The molecule has 0 radical (unpaired) electrons. The van der Waals surface area contributed by atoms with Gasteiger partial charge in [0.1, 0.15) is 0 Å². The van der Waals surface area contributed by atoms with E-state index in [1.54, 1.807) is 0 Å². The largest absolute Gasteiger partial charge is 0.370 e. The summed E-state index contributed by atoms with van der Waals surface area (Å²) >= 11 is 3.85. The van der Waals surface area contributed by atoms with E-state index in [1.807, 2.05) is 22.7 Å². The summed E-state index contributed by atoms with van der Waals surface area (Å²) in [4.78, 5) is 4.83. The van der Waals surface area contributed by atoms with Crippen molar-refractivity contribution in [2.75, 3.05) is 11.4 Å². The van der Waals surface area contributed by atoms with Crippen LogP contribution in [-0.2, 0) is 0 Å². The standard InChI is InChI=1S/C50H36N2S2/c1-3-12-38(13-4-1)52(39-14-5-2-6-15-39)41-17-9-11-33(27-41)34-21-24-47-45(29-34)46-30-35(22-25-48(46)53-47)36-20-23-43-44-19-10-18-42(50(44)54-49(43)31-36)37-28-40-16-7-8-26-51(40)32-37/h1-27,29-31,37,40H,28,32H2. The number of para-hydroxylation sites is 2. The number of anilines is 3. The van der Waals surface area contributed by atoms with Crippen LogP contribution in [0.5, 0.6) is 0 Å². The van der Waals surface area contributed by atoms with Crippen molar-refractivity contribution < 1.29 is 0 Å². The maximum atomic E-state index is 2.50. The predicted octanol–water partition coefficient (Wildman–Crippen LogP) is 14.5. The number of nitrogens with zero attached hydrogens (tertiary/aromatic N) is 2. The molecule has 4 heteroatoms. The summed E-state index contributed by atoms with van der Waals surface area (Å²) in [5.41, 5.74) is 9.90. The molecule has 7 aromatic carbocycles. The van der Waals surface area contributed by atoms with Crippen LogP contribution in [0.1, 0.15) is 17.9 Å². The van der Waals surface area contributed by atoms with Crippen molar-refractivity contribution in [3.63, 3.8) is 0 Å². The molecule has 54 heavy (non-hydrogen) atoms. The van der Waals surface area contributed by atoms with E-state index >= 15 is 0 Å². The molecular formula is C50H36N2S2. The minimum absolute atomic E-state index is 0.519. The van der Waals surface area contributed by atoms with Crippen LogP contribution < -0.4 is 4.90 Å². The third kappa shape index (κ3) is 5.36. The van der Waals surface area contributed by atoms with Gasteiger partial charge in [-0.2, -0.15) is 0 Å². The molecule has 258 valence electrons. The Morgan fingerprint density at radius 3 is 1.85 bits per heavy atom. The van der Waals surface area contributed by atoms with Crippen LogP contribution in [0.25, 0.3) is 62.6 Å². The zero-order valence-electron chi connectivity index (χ0n) is 29.6. The molecule has 0 aliphatic carbocycles. The van der Waals surface area contributed by atoms with Crippen LogP contribution in [0, 0.1) is 0 Å². The monoisotopic (exact) mass is 728 g/mol. The van der Waals surface area contributed by atoms with Crippen molar-refractivity contribution in [2.24, 2.45) is 0 Å². The lowest BCUT2D eigenvalue weighted by atomic mass is 9.94. The first-order chi connectivity index (χ1) is 26.7. The van der Waals surface area contributed by atoms with E-state index in [9.17, 15) is 0 Å². The summed E-state index contributed by atoms with van der Waals surface area (Å²) in [5.74, 6) is 0.548. The Balaban J connectivity index is 0.958. The maximum absolute atomic E-state index is 2.50. The number of hydrogen-bond donors (Lipinski definition) is 0. The Labute approximate surface area is 323 Å². The van der Waals surface area contributed by atoms with E-state index in [-0.39, 0.29) is 0 Å². The Bertz CT molecular complexity index is 2860. The third-order valence-corrected chi connectivity index (χ3v) is 13.7. The van der Waals surface area contributed by atoms with Gasteiger partial charge < -0.3 is 9.80 Å². The molecule has 4 heterocycles. The fourth-order valence-electron chi connectivity index (χ4n) is 8.71. The third-order valence-electron chi connectivity index (χ3n) is 11.3. The molecule has 0 amide bonds. The Kier molecular flexibility index (Phi) is 7.53. The van der Waals surface area contributed by atoms with Gasteiger partial charge in [0.25, 0.3) is 0 Å². The number of fused-ring (bicyclic) bond motifs is 7. The normalized spacial score (nSPS) is 16.6. The number of allylic oxidation sites excluding steroid dienone is 2.